The highest BCUT2D eigenvalue weighted by Crippen LogP contribution is 2.14. The highest BCUT2D eigenvalue weighted by Gasteiger charge is 2.20. The van der Waals surface area contributed by atoms with E-state index in [1.807, 2.05) is 12.1 Å². The summed E-state index contributed by atoms with van der Waals surface area (Å²) in [5, 5.41) is 0.682. The van der Waals surface area contributed by atoms with Crippen LogP contribution in [0.15, 0.2) is 24.3 Å². The molecule has 1 aliphatic heterocycles. The van der Waals surface area contributed by atoms with Crippen molar-refractivity contribution >= 4 is 17.6 Å². The predicted molar refractivity (Wildman–Crippen MR) is 71.8 cm³/mol. The smallest absolute Gasteiger partial charge is 0.310 e. The standard InChI is InChI=1S/C14H18ClNO2/c1-16-8-2-3-13(10-16)18-14(17)9-11-4-6-12(15)7-5-11/h4-7,13H,2-3,8-10H2,1H3/t13-/m0/s1. The molecule has 18 heavy (non-hydrogen) atoms. The Hall–Kier alpha value is -1.06. The van der Waals surface area contributed by atoms with E-state index in [1.54, 1.807) is 12.1 Å². The van der Waals surface area contributed by atoms with Crippen LogP contribution in [0.1, 0.15) is 18.4 Å². The third-order valence-electron chi connectivity index (χ3n) is 3.14. The maximum absolute atomic E-state index is 11.8. The molecule has 0 unspecified atom stereocenters. The number of carbonyl (C=O) groups is 1. The Labute approximate surface area is 113 Å². The summed E-state index contributed by atoms with van der Waals surface area (Å²) in [6.07, 6.45) is 2.42. The van der Waals surface area contributed by atoms with Crippen LogP contribution in [0.25, 0.3) is 0 Å². The van der Waals surface area contributed by atoms with Crippen molar-refractivity contribution in [3.8, 4) is 0 Å². The van der Waals surface area contributed by atoms with Gasteiger partial charge >= 0.3 is 5.97 Å². The number of nitrogens with zero attached hydrogens (tertiary/aromatic N) is 1. The second kappa shape index (κ2) is 6.21. The summed E-state index contributed by atoms with van der Waals surface area (Å²) < 4.78 is 5.48. The third-order valence-corrected chi connectivity index (χ3v) is 3.39. The first-order valence-corrected chi connectivity index (χ1v) is 6.64. The highest BCUT2D eigenvalue weighted by atomic mass is 35.5. The second-order valence-corrected chi connectivity index (χ2v) is 5.26. The van der Waals surface area contributed by atoms with Crippen molar-refractivity contribution in [3.63, 3.8) is 0 Å². The van der Waals surface area contributed by atoms with Gasteiger partial charge in [-0.05, 0) is 44.1 Å². The first-order chi connectivity index (χ1) is 8.63. The van der Waals surface area contributed by atoms with E-state index in [1.165, 1.54) is 0 Å². The van der Waals surface area contributed by atoms with Crippen molar-refractivity contribution in [1.82, 2.24) is 4.90 Å². The SMILES string of the molecule is CN1CCC[C@H](OC(=O)Cc2ccc(Cl)cc2)C1. The summed E-state index contributed by atoms with van der Waals surface area (Å²) in [4.78, 5) is 14.0. The predicted octanol–water partition coefficient (Wildman–Crippen LogP) is 2.52. The van der Waals surface area contributed by atoms with E-state index in [4.69, 9.17) is 16.3 Å². The Kier molecular flexibility index (Phi) is 4.61. The first-order valence-electron chi connectivity index (χ1n) is 6.26. The lowest BCUT2D eigenvalue weighted by Crippen LogP contribution is -2.38. The summed E-state index contributed by atoms with van der Waals surface area (Å²) >= 11 is 5.80. The molecule has 0 N–H and O–H groups in total. The second-order valence-electron chi connectivity index (χ2n) is 4.82. The van der Waals surface area contributed by atoms with E-state index in [0.29, 0.717) is 11.4 Å². The Bertz CT molecular complexity index is 405. The zero-order chi connectivity index (χ0) is 13.0. The molecule has 1 atom stereocenters. The molecule has 0 amide bonds. The summed E-state index contributed by atoms with van der Waals surface area (Å²) in [6.45, 7) is 1.93. The van der Waals surface area contributed by atoms with Crippen LogP contribution in [0, 0.1) is 0 Å². The van der Waals surface area contributed by atoms with E-state index in [9.17, 15) is 4.79 Å². The van der Waals surface area contributed by atoms with Crippen molar-refractivity contribution in [3.05, 3.63) is 34.9 Å². The Morgan fingerprint density at radius 1 is 1.44 bits per heavy atom. The van der Waals surface area contributed by atoms with Crippen LogP contribution >= 0.6 is 11.6 Å². The molecule has 1 saturated heterocycles. The lowest BCUT2D eigenvalue weighted by Gasteiger charge is -2.29. The Balaban J connectivity index is 1.83. The number of esters is 1. The van der Waals surface area contributed by atoms with E-state index in [-0.39, 0.29) is 12.1 Å². The number of likely N-dealkylation sites (tertiary alicyclic amines) is 1. The molecule has 3 nitrogen and oxygen atoms in total. The average Bonchev–Trinajstić information content (AvgIpc) is 2.32. The van der Waals surface area contributed by atoms with Gasteiger partial charge in [0.2, 0.25) is 0 Å². The fourth-order valence-corrected chi connectivity index (χ4v) is 2.34. The van der Waals surface area contributed by atoms with Crippen LogP contribution in [-0.2, 0) is 16.0 Å². The van der Waals surface area contributed by atoms with Crippen molar-refractivity contribution in [2.75, 3.05) is 20.1 Å². The number of benzene rings is 1. The monoisotopic (exact) mass is 267 g/mol. The molecule has 1 fully saturated rings. The number of hydrogen-bond donors (Lipinski definition) is 0. The molecule has 1 aromatic carbocycles. The third kappa shape index (κ3) is 4.00. The van der Waals surface area contributed by atoms with Gasteiger partial charge in [0.05, 0.1) is 6.42 Å². The molecule has 0 aliphatic carbocycles. The van der Waals surface area contributed by atoms with Gasteiger partial charge in [-0.3, -0.25) is 4.79 Å². The average molecular weight is 268 g/mol. The van der Waals surface area contributed by atoms with Gasteiger partial charge in [0.1, 0.15) is 6.10 Å². The van der Waals surface area contributed by atoms with Crippen LogP contribution in [0.2, 0.25) is 5.02 Å². The minimum absolute atomic E-state index is 0.0450. The molecular formula is C14H18ClNO2. The summed E-state index contributed by atoms with van der Waals surface area (Å²) in [5.41, 5.74) is 0.938. The number of halogens is 1. The largest absolute Gasteiger partial charge is 0.461 e. The molecule has 1 aliphatic rings. The van der Waals surface area contributed by atoms with Crippen LogP contribution in [0.3, 0.4) is 0 Å². The maximum atomic E-state index is 11.8. The zero-order valence-electron chi connectivity index (χ0n) is 10.6. The maximum Gasteiger partial charge on any atom is 0.310 e. The van der Waals surface area contributed by atoms with Crippen LogP contribution in [0.4, 0.5) is 0 Å². The minimum Gasteiger partial charge on any atom is -0.461 e. The van der Waals surface area contributed by atoms with Gasteiger partial charge in [-0.1, -0.05) is 23.7 Å². The molecule has 2 rings (SSSR count). The highest BCUT2D eigenvalue weighted by molar-refractivity contribution is 6.30. The van der Waals surface area contributed by atoms with E-state index < -0.39 is 0 Å². The van der Waals surface area contributed by atoms with Gasteiger partial charge in [-0.15, -0.1) is 0 Å². The van der Waals surface area contributed by atoms with Crippen molar-refractivity contribution in [2.24, 2.45) is 0 Å². The number of rotatable bonds is 3. The molecule has 98 valence electrons. The molecule has 1 aromatic rings. The van der Waals surface area contributed by atoms with Gasteiger partial charge in [0.15, 0.2) is 0 Å². The van der Waals surface area contributed by atoms with Gasteiger partial charge in [0.25, 0.3) is 0 Å². The molecule has 0 spiro atoms. The van der Waals surface area contributed by atoms with Gasteiger partial charge in [0, 0.05) is 11.6 Å². The van der Waals surface area contributed by atoms with Crippen LogP contribution < -0.4 is 0 Å². The molecule has 0 aromatic heterocycles. The van der Waals surface area contributed by atoms with E-state index >= 15 is 0 Å². The number of hydrogen-bond acceptors (Lipinski definition) is 3. The van der Waals surface area contributed by atoms with Gasteiger partial charge in [-0.25, -0.2) is 0 Å². The lowest BCUT2D eigenvalue weighted by molar-refractivity contribution is -0.150. The molecule has 1 heterocycles. The van der Waals surface area contributed by atoms with Gasteiger partial charge < -0.3 is 9.64 Å². The Morgan fingerprint density at radius 2 is 2.17 bits per heavy atom. The fraction of sp³-hybridized carbons (Fsp3) is 0.500. The first kappa shape index (κ1) is 13.4. The minimum atomic E-state index is -0.155. The number of piperidine rings is 1. The number of likely N-dealkylation sites (N-methyl/N-ethyl adjacent to an activating group) is 1. The van der Waals surface area contributed by atoms with Crippen molar-refractivity contribution < 1.29 is 9.53 Å². The van der Waals surface area contributed by atoms with Gasteiger partial charge in [-0.2, -0.15) is 0 Å². The summed E-state index contributed by atoms with van der Waals surface area (Å²) in [7, 11) is 2.05. The molecular weight excluding hydrogens is 250 g/mol. The molecule has 4 heteroatoms. The van der Waals surface area contributed by atoms with Crippen LogP contribution in [-0.4, -0.2) is 37.1 Å². The van der Waals surface area contributed by atoms with E-state index in [0.717, 1.165) is 31.5 Å². The molecule has 0 radical (unpaired) electrons. The normalized spacial score (nSPS) is 20.7. The van der Waals surface area contributed by atoms with Crippen LogP contribution in [0.5, 0.6) is 0 Å². The molecule has 0 saturated carbocycles. The number of ether oxygens (including phenoxy) is 1. The molecule has 0 bridgehead atoms. The van der Waals surface area contributed by atoms with Crippen molar-refractivity contribution in [1.29, 1.82) is 0 Å². The topological polar surface area (TPSA) is 29.5 Å². The quantitative estimate of drug-likeness (QED) is 0.788. The lowest BCUT2D eigenvalue weighted by atomic mass is 10.1. The fourth-order valence-electron chi connectivity index (χ4n) is 2.21. The summed E-state index contributed by atoms with van der Waals surface area (Å²) in [6, 6.07) is 7.30. The van der Waals surface area contributed by atoms with E-state index in [2.05, 4.69) is 11.9 Å². The zero-order valence-corrected chi connectivity index (χ0v) is 11.3. The summed E-state index contributed by atoms with van der Waals surface area (Å²) in [5.74, 6) is -0.155. The van der Waals surface area contributed by atoms with Crippen molar-refractivity contribution in [2.45, 2.75) is 25.4 Å². The number of carbonyl (C=O) groups excluding carboxylic acids is 1. The Morgan fingerprint density at radius 3 is 2.83 bits per heavy atom.